The zero-order valence-corrected chi connectivity index (χ0v) is 15.5. The van der Waals surface area contributed by atoms with Gasteiger partial charge in [0.2, 0.25) is 0 Å². The van der Waals surface area contributed by atoms with Crippen LogP contribution in [-0.2, 0) is 4.79 Å². The number of hydrogen-bond acceptors (Lipinski definition) is 3. The number of fused-ring (bicyclic) bond motifs is 1. The molecule has 3 aromatic carbocycles. The van der Waals surface area contributed by atoms with Gasteiger partial charge >= 0.3 is 0 Å². The maximum atomic E-state index is 13.2. The summed E-state index contributed by atoms with van der Waals surface area (Å²) in [4.78, 5) is 38.7. The fourth-order valence-electron chi connectivity index (χ4n) is 4.29. The summed E-state index contributed by atoms with van der Waals surface area (Å²) < 4.78 is 0. The molecule has 0 spiro atoms. The summed E-state index contributed by atoms with van der Waals surface area (Å²) in [5.41, 5.74) is 3.54. The quantitative estimate of drug-likeness (QED) is 0.482. The molecule has 0 N–H and O–H groups in total. The highest BCUT2D eigenvalue weighted by Gasteiger charge is 2.46. The summed E-state index contributed by atoms with van der Waals surface area (Å²) in [6.07, 6.45) is 0.879. The summed E-state index contributed by atoms with van der Waals surface area (Å²) in [5.74, 6) is -2.43. The first-order chi connectivity index (χ1) is 13.6. The second-order valence-corrected chi connectivity index (χ2v) is 7.21. The minimum atomic E-state index is -0.894. The van der Waals surface area contributed by atoms with Gasteiger partial charge in [-0.05, 0) is 23.6 Å². The van der Waals surface area contributed by atoms with Crippen molar-refractivity contribution in [1.82, 2.24) is 0 Å². The molecule has 3 nitrogen and oxygen atoms in total. The molecule has 0 saturated carbocycles. The number of carbonyl (C=O) groups is 3. The zero-order chi connectivity index (χ0) is 19.7. The average Bonchev–Trinajstić information content (AvgIpc) is 2.98. The van der Waals surface area contributed by atoms with E-state index in [0.717, 1.165) is 23.0 Å². The van der Waals surface area contributed by atoms with E-state index in [0.29, 0.717) is 11.1 Å². The highest BCUT2D eigenvalue weighted by molar-refractivity contribution is 6.27. The third-order valence-corrected chi connectivity index (χ3v) is 5.65. The lowest BCUT2D eigenvalue weighted by molar-refractivity contribution is -0.109. The van der Waals surface area contributed by atoms with Crippen LogP contribution in [0.25, 0.3) is 0 Å². The van der Waals surface area contributed by atoms with Gasteiger partial charge in [0.25, 0.3) is 0 Å². The van der Waals surface area contributed by atoms with Crippen LogP contribution in [0.4, 0.5) is 0 Å². The molecule has 0 heterocycles. The predicted molar refractivity (Wildman–Crippen MR) is 108 cm³/mol. The molecule has 0 amide bonds. The molecular formula is C25H20O3. The molecule has 2 unspecified atom stereocenters. The Bertz CT molecular complexity index is 1020. The van der Waals surface area contributed by atoms with E-state index >= 15 is 0 Å². The van der Waals surface area contributed by atoms with Crippen molar-refractivity contribution in [2.24, 2.45) is 5.92 Å². The van der Waals surface area contributed by atoms with Crippen LogP contribution >= 0.6 is 0 Å². The van der Waals surface area contributed by atoms with E-state index in [1.54, 1.807) is 24.3 Å². The predicted octanol–water partition coefficient (Wildman–Crippen LogP) is 4.76. The standard InChI is InChI=1S/C25H20O3/c1-16-9-5-6-12-18(16)21(15-26)22(17-10-3-2-4-11-17)23-24(27)19-13-7-8-14-20(19)25(23)28/h2-15,21-23H,1H3. The first-order valence-corrected chi connectivity index (χ1v) is 9.36. The monoisotopic (exact) mass is 368 g/mol. The van der Waals surface area contributed by atoms with Crippen molar-refractivity contribution in [3.05, 3.63) is 107 Å². The molecule has 138 valence electrons. The van der Waals surface area contributed by atoms with Crippen molar-refractivity contribution in [3.63, 3.8) is 0 Å². The lowest BCUT2D eigenvalue weighted by Crippen LogP contribution is -2.29. The van der Waals surface area contributed by atoms with Gasteiger partial charge in [0.15, 0.2) is 11.6 Å². The van der Waals surface area contributed by atoms with Gasteiger partial charge in [-0.2, -0.15) is 0 Å². The lowest BCUT2D eigenvalue weighted by atomic mass is 9.72. The molecule has 4 rings (SSSR count). The van der Waals surface area contributed by atoms with Gasteiger partial charge in [0.05, 0.1) is 5.92 Å². The van der Waals surface area contributed by atoms with E-state index in [-0.39, 0.29) is 11.6 Å². The van der Waals surface area contributed by atoms with Gasteiger partial charge < -0.3 is 4.79 Å². The van der Waals surface area contributed by atoms with Crippen molar-refractivity contribution in [3.8, 4) is 0 Å². The Morgan fingerprint density at radius 2 is 1.29 bits per heavy atom. The molecular weight excluding hydrogens is 348 g/mol. The van der Waals surface area contributed by atoms with Crippen LogP contribution in [0.3, 0.4) is 0 Å². The van der Waals surface area contributed by atoms with Crippen molar-refractivity contribution in [2.75, 3.05) is 0 Å². The Morgan fingerprint density at radius 3 is 1.86 bits per heavy atom. The second-order valence-electron chi connectivity index (χ2n) is 7.21. The van der Waals surface area contributed by atoms with E-state index in [1.165, 1.54) is 0 Å². The molecule has 1 aliphatic rings. The average molecular weight is 368 g/mol. The molecule has 0 saturated heterocycles. The van der Waals surface area contributed by atoms with Gasteiger partial charge in [0, 0.05) is 23.0 Å². The number of aryl methyl sites for hydroxylation is 1. The van der Waals surface area contributed by atoms with Crippen LogP contribution in [0.15, 0.2) is 78.9 Å². The Hall–Kier alpha value is -3.33. The van der Waals surface area contributed by atoms with E-state index in [9.17, 15) is 14.4 Å². The smallest absolute Gasteiger partial charge is 0.175 e. The number of Topliss-reactive ketones (excluding diaryl/α,β-unsaturated/α-hetero) is 2. The number of carbonyl (C=O) groups excluding carboxylic acids is 3. The van der Waals surface area contributed by atoms with E-state index in [4.69, 9.17) is 0 Å². The summed E-state index contributed by atoms with van der Waals surface area (Å²) in [7, 11) is 0. The largest absolute Gasteiger partial charge is 0.303 e. The molecule has 1 aliphatic carbocycles. The van der Waals surface area contributed by atoms with Crippen molar-refractivity contribution in [2.45, 2.75) is 18.8 Å². The van der Waals surface area contributed by atoms with Gasteiger partial charge in [0.1, 0.15) is 6.29 Å². The lowest BCUT2D eigenvalue weighted by Gasteiger charge is -2.28. The number of benzene rings is 3. The fourth-order valence-corrected chi connectivity index (χ4v) is 4.29. The summed E-state index contributed by atoms with van der Waals surface area (Å²) in [6, 6.07) is 24.0. The van der Waals surface area contributed by atoms with Crippen LogP contribution in [0, 0.1) is 12.8 Å². The fraction of sp³-hybridized carbons (Fsp3) is 0.160. The SMILES string of the molecule is Cc1ccccc1C(C=O)C(c1ccccc1)C1C(=O)c2ccccc2C1=O. The van der Waals surface area contributed by atoms with Crippen LogP contribution in [-0.4, -0.2) is 17.9 Å². The minimum Gasteiger partial charge on any atom is -0.303 e. The Kier molecular flexibility index (Phi) is 4.74. The Balaban J connectivity index is 1.89. The maximum absolute atomic E-state index is 13.2. The van der Waals surface area contributed by atoms with E-state index in [2.05, 4.69) is 0 Å². The molecule has 0 bridgehead atoms. The van der Waals surface area contributed by atoms with E-state index < -0.39 is 17.8 Å². The first-order valence-electron chi connectivity index (χ1n) is 9.36. The normalized spacial score (nSPS) is 15.9. The highest BCUT2D eigenvalue weighted by atomic mass is 16.2. The minimum absolute atomic E-state index is 0.199. The van der Waals surface area contributed by atoms with Crippen molar-refractivity contribution in [1.29, 1.82) is 0 Å². The molecule has 0 radical (unpaired) electrons. The Labute approximate surface area is 164 Å². The molecule has 28 heavy (non-hydrogen) atoms. The molecule has 0 fully saturated rings. The van der Waals surface area contributed by atoms with Gasteiger partial charge in [-0.1, -0.05) is 78.9 Å². The summed E-state index contributed by atoms with van der Waals surface area (Å²) >= 11 is 0. The van der Waals surface area contributed by atoms with Crippen LogP contribution < -0.4 is 0 Å². The summed E-state index contributed by atoms with van der Waals surface area (Å²) in [5, 5.41) is 0. The molecule has 0 aliphatic heterocycles. The third kappa shape index (κ3) is 2.89. The van der Waals surface area contributed by atoms with Crippen LogP contribution in [0.2, 0.25) is 0 Å². The summed E-state index contributed by atoms with van der Waals surface area (Å²) in [6.45, 7) is 1.95. The number of aldehydes is 1. The topological polar surface area (TPSA) is 51.2 Å². The van der Waals surface area contributed by atoms with Crippen molar-refractivity contribution >= 4 is 17.9 Å². The molecule has 3 aromatic rings. The third-order valence-electron chi connectivity index (χ3n) is 5.65. The van der Waals surface area contributed by atoms with Gasteiger partial charge in [-0.3, -0.25) is 9.59 Å². The van der Waals surface area contributed by atoms with Gasteiger partial charge in [-0.25, -0.2) is 0 Å². The van der Waals surface area contributed by atoms with Gasteiger partial charge in [-0.15, -0.1) is 0 Å². The Morgan fingerprint density at radius 1 is 0.750 bits per heavy atom. The second kappa shape index (κ2) is 7.35. The van der Waals surface area contributed by atoms with Crippen LogP contribution in [0.5, 0.6) is 0 Å². The molecule has 3 heteroatoms. The van der Waals surface area contributed by atoms with Crippen molar-refractivity contribution < 1.29 is 14.4 Å². The molecule has 2 atom stereocenters. The maximum Gasteiger partial charge on any atom is 0.175 e. The number of rotatable bonds is 5. The first kappa shape index (κ1) is 18.1. The number of ketones is 2. The zero-order valence-electron chi connectivity index (χ0n) is 15.5. The van der Waals surface area contributed by atoms with Crippen LogP contribution in [0.1, 0.15) is 49.2 Å². The number of hydrogen-bond donors (Lipinski definition) is 0. The van der Waals surface area contributed by atoms with E-state index in [1.807, 2.05) is 61.5 Å². The highest BCUT2D eigenvalue weighted by Crippen LogP contribution is 2.44. The molecule has 0 aromatic heterocycles.